The van der Waals surface area contributed by atoms with Gasteiger partial charge in [-0.05, 0) is 24.5 Å². The van der Waals surface area contributed by atoms with Crippen molar-refractivity contribution in [3.63, 3.8) is 0 Å². The largest absolute Gasteiger partial charge is 0.477 e. The van der Waals surface area contributed by atoms with Crippen LogP contribution in [0.15, 0.2) is 12.1 Å². The van der Waals surface area contributed by atoms with Gasteiger partial charge in [0.2, 0.25) is 0 Å². The third-order valence-corrected chi connectivity index (χ3v) is 4.11. The number of aromatic carboxylic acids is 1. The zero-order valence-electron chi connectivity index (χ0n) is 8.77. The van der Waals surface area contributed by atoms with Crippen LogP contribution in [0.25, 0.3) is 0 Å². The summed E-state index contributed by atoms with van der Waals surface area (Å²) in [4.78, 5) is 13.5. The molecule has 1 atom stereocenters. The third kappa shape index (κ3) is 2.15. The van der Waals surface area contributed by atoms with Crippen molar-refractivity contribution in [2.45, 2.75) is 19.8 Å². The molecule has 0 amide bonds. The lowest BCUT2D eigenvalue weighted by atomic mass is 10.1. The fourth-order valence-corrected chi connectivity index (χ4v) is 2.86. The van der Waals surface area contributed by atoms with Crippen LogP contribution >= 0.6 is 11.3 Å². The Morgan fingerprint density at radius 1 is 1.67 bits per heavy atom. The van der Waals surface area contributed by atoms with Gasteiger partial charge >= 0.3 is 5.97 Å². The van der Waals surface area contributed by atoms with Crippen LogP contribution in [-0.2, 0) is 0 Å². The molecular weight excluding hydrogens is 210 g/mol. The molecule has 0 aromatic carbocycles. The number of carbonyl (C=O) groups is 1. The maximum absolute atomic E-state index is 10.7. The summed E-state index contributed by atoms with van der Waals surface area (Å²) in [6.07, 6.45) is 2.45. The third-order valence-electron chi connectivity index (χ3n) is 2.98. The molecule has 3 nitrogen and oxygen atoms in total. The van der Waals surface area contributed by atoms with Crippen LogP contribution in [0.4, 0.5) is 5.00 Å². The second-order valence-electron chi connectivity index (χ2n) is 3.95. The number of nitrogens with zero attached hydrogens (tertiary/aromatic N) is 1. The second-order valence-corrected chi connectivity index (χ2v) is 5.01. The standard InChI is InChI=1S/C11H15NO2S/c1-2-8-5-6-12(7-8)10-4-3-9(15-10)11(13)14/h3-4,8H,2,5-7H2,1H3,(H,13,14). The quantitative estimate of drug-likeness (QED) is 0.859. The van der Waals surface area contributed by atoms with E-state index < -0.39 is 5.97 Å². The van der Waals surface area contributed by atoms with Gasteiger partial charge in [0.1, 0.15) is 4.88 Å². The smallest absolute Gasteiger partial charge is 0.345 e. The van der Waals surface area contributed by atoms with Crippen LogP contribution in [0.5, 0.6) is 0 Å². The molecule has 82 valence electrons. The molecule has 1 N–H and O–H groups in total. The Morgan fingerprint density at radius 2 is 2.47 bits per heavy atom. The average molecular weight is 225 g/mol. The van der Waals surface area contributed by atoms with Crippen LogP contribution in [0.3, 0.4) is 0 Å². The molecule has 1 saturated heterocycles. The minimum absolute atomic E-state index is 0.435. The molecule has 15 heavy (non-hydrogen) atoms. The number of carboxylic acid groups (broad SMARTS) is 1. The molecule has 0 radical (unpaired) electrons. The summed E-state index contributed by atoms with van der Waals surface area (Å²) < 4.78 is 0. The van der Waals surface area contributed by atoms with E-state index in [-0.39, 0.29) is 0 Å². The predicted molar refractivity (Wildman–Crippen MR) is 61.9 cm³/mol. The molecule has 1 aliphatic heterocycles. The molecule has 1 unspecified atom stereocenters. The van der Waals surface area contributed by atoms with Crippen LogP contribution in [0.2, 0.25) is 0 Å². The topological polar surface area (TPSA) is 40.5 Å². The predicted octanol–water partition coefficient (Wildman–Crippen LogP) is 2.68. The SMILES string of the molecule is CCC1CCN(c2ccc(C(=O)O)s2)C1. The van der Waals surface area contributed by atoms with E-state index in [1.807, 2.05) is 6.07 Å². The van der Waals surface area contributed by atoms with Gasteiger partial charge in [0.25, 0.3) is 0 Å². The Labute approximate surface area is 93.3 Å². The van der Waals surface area contributed by atoms with Gasteiger partial charge in [0, 0.05) is 13.1 Å². The normalized spacial score (nSPS) is 20.9. The first kappa shape index (κ1) is 10.5. The van der Waals surface area contributed by atoms with Crippen molar-refractivity contribution in [2.24, 2.45) is 5.92 Å². The minimum Gasteiger partial charge on any atom is -0.477 e. The maximum Gasteiger partial charge on any atom is 0.345 e. The van der Waals surface area contributed by atoms with Gasteiger partial charge in [0.05, 0.1) is 5.00 Å². The molecule has 0 saturated carbocycles. The fourth-order valence-electron chi connectivity index (χ4n) is 1.98. The lowest BCUT2D eigenvalue weighted by molar-refractivity contribution is 0.0702. The van der Waals surface area contributed by atoms with Crippen molar-refractivity contribution >= 4 is 22.3 Å². The van der Waals surface area contributed by atoms with Crippen LogP contribution in [0, 0.1) is 5.92 Å². The number of anilines is 1. The molecule has 0 aliphatic carbocycles. The maximum atomic E-state index is 10.7. The van der Waals surface area contributed by atoms with Crippen molar-refractivity contribution in [1.29, 1.82) is 0 Å². The van der Waals surface area contributed by atoms with Gasteiger partial charge in [-0.1, -0.05) is 13.3 Å². The molecule has 2 heterocycles. The summed E-state index contributed by atoms with van der Waals surface area (Å²) in [6, 6.07) is 3.62. The highest BCUT2D eigenvalue weighted by Crippen LogP contribution is 2.31. The fraction of sp³-hybridized carbons (Fsp3) is 0.545. The van der Waals surface area contributed by atoms with Crippen molar-refractivity contribution in [1.82, 2.24) is 0 Å². The van der Waals surface area contributed by atoms with E-state index in [1.165, 1.54) is 24.2 Å². The number of carboxylic acids is 1. The zero-order valence-corrected chi connectivity index (χ0v) is 9.59. The van der Waals surface area contributed by atoms with Gasteiger partial charge in [-0.2, -0.15) is 0 Å². The molecule has 1 aromatic heterocycles. The van der Waals surface area contributed by atoms with E-state index in [9.17, 15) is 4.79 Å². The summed E-state index contributed by atoms with van der Waals surface area (Å²) in [5.74, 6) is -0.0436. The lowest BCUT2D eigenvalue weighted by Gasteiger charge is -2.15. The van der Waals surface area contributed by atoms with E-state index in [1.54, 1.807) is 6.07 Å². The molecule has 4 heteroatoms. The van der Waals surface area contributed by atoms with E-state index in [4.69, 9.17) is 5.11 Å². The van der Waals surface area contributed by atoms with E-state index in [0.29, 0.717) is 4.88 Å². The van der Waals surface area contributed by atoms with Crippen LogP contribution in [-0.4, -0.2) is 24.2 Å². The highest BCUT2D eigenvalue weighted by Gasteiger charge is 2.22. The average Bonchev–Trinajstić information content (AvgIpc) is 2.86. The van der Waals surface area contributed by atoms with E-state index in [2.05, 4.69) is 11.8 Å². The van der Waals surface area contributed by atoms with E-state index in [0.717, 1.165) is 24.0 Å². The lowest BCUT2D eigenvalue weighted by Crippen LogP contribution is -2.17. The zero-order chi connectivity index (χ0) is 10.8. The van der Waals surface area contributed by atoms with Crippen molar-refractivity contribution in [2.75, 3.05) is 18.0 Å². The molecule has 0 bridgehead atoms. The molecule has 0 spiro atoms. The molecule has 1 fully saturated rings. The van der Waals surface area contributed by atoms with Crippen molar-refractivity contribution in [3.8, 4) is 0 Å². The first-order chi connectivity index (χ1) is 7.20. The molecule has 1 aromatic rings. The number of hydrogen-bond acceptors (Lipinski definition) is 3. The minimum atomic E-state index is -0.822. The molecule has 2 rings (SSSR count). The van der Waals surface area contributed by atoms with Gasteiger partial charge in [-0.3, -0.25) is 0 Å². The van der Waals surface area contributed by atoms with Crippen LogP contribution in [0.1, 0.15) is 29.4 Å². The highest BCUT2D eigenvalue weighted by molar-refractivity contribution is 7.17. The summed E-state index contributed by atoms with van der Waals surface area (Å²) in [6.45, 7) is 4.36. The molecular formula is C11H15NO2S. The summed E-state index contributed by atoms with van der Waals surface area (Å²) >= 11 is 1.38. The highest BCUT2D eigenvalue weighted by atomic mass is 32.1. The monoisotopic (exact) mass is 225 g/mol. The number of hydrogen-bond donors (Lipinski definition) is 1. The first-order valence-electron chi connectivity index (χ1n) is 5.28. The number of rotatable bonds is 3. The summed E-state index contributed by atoms with van der Waals surface area (Å²) in [5, 5.41) is 9.93. The van der Waals surface area contributed by atoms with Crippen molar-refractivity contribution in [3.05, 3.63) is 17.0 Å². The van der Waals surface area contributed by atoms with Gasteiger partial charge < -0.3 is 10.0 Å². The van der Waals surface area contributed by atoms with Gasteiger partial charge in [-0.15, -0.1) is 11.3 Å². The van der Waals surface area contributed by atoms with Crippen LogP contribution < -0.4 is 4.90 Å². The Kier molecular flexibility index (Phi) is 2.95. The second kappa shape index (κ2) is 4.23. The summed E-state index contributed by atoms with van der Waals surface area (Å²) in [5.41, 5.74) is 0. The Hall–Kier alpha value is -1.03. The number of thiophene rings is 1. The Balaban J connectivity index is 2.07. The van der Waals surface area contributed by atoms with Crippen molar-refractivity contribution < 1.29 is 9.90 Å². The Bertz CT molecular complexity index is 361. The summed E-state index contributed by atoms with van der Waals surface area (Å²) in [7, 11) is 0. The molecule has 1 aliphatic rings. The van der Waals surface area contributed by atoms with Gasteiger partial charge in [0.15, 0.2) is 0 Å². The van der Waals surface area contributed by atoms with E-state index >= 15 is 0 Å². The first-order valence-corrected chi connectivity index (χ1v) is 6.10. The van der Waals surface area contributed by atoms with Gasteiger partial charge in [-0.25, -0.2) is 4.79 Å². The Morgan fingerprint density at radius 3 is 3.00 bits per heavy atom.